The van der Waals surface area contributed by atoms with Crippen LogP contribution in [0.15, 0.2) is 35.3 Å². The van der Waals surface area contributed by atoms with Crippen LogP contribution >= 0.6 is 23.4 Å². The Hall–Kier alpha value is -1.79. The summed E-state index contributed by atoms with van der Waals surface area (Å²) in [5, 5.41) is 1.29. The molecule has 0 saturated heterocycles. The van der Waals surface area contributed by atoms with E-state index in [2.05, 4.69) is 15.0 Å². The molecule has 5 nitrogen and oxygen atoms in total. The smallest absolute Gasteiger partial charge is 0.220 e. The van der Waals surface area contributed by atoms with E-state index in [1.165, 1.54) is 11.8 Å². The Morgan fingerprint density at radius 1 is 1.20 bits per heavy atom. The number of nitrogens with zero attached hydrogens (tertiary/aromatic N) is 3. The molecule has 1 aliphatic heterocycles. The summed E-state index contributed by atoms with van der Waals surface area (Å²) in [5.74, 6) is 0.225. The number of aliphatic imine (C=N–C) groups is 1. The normalized spacial score (nSPS) is 18.1. The summed E-state index contributed by atoms with van der Waals surface area (Å²) in [6, 6.07) is 9.40. The predicted octanol–water partition coefficient (Wildman–Crippen LogP) is 2.48. The van der Waals surface area contributed by atoms with E-state index in [1.54, 1.807) is 0 Å². The molecule has 0 amide bonds. The fourth-order valence-corrected chi connectivity index (χ4v) is 3.07. The number of nitrogens with two attached hydrogens (primary N) is 2. The van der Waals surface area contributed by atoms with Crippen LogP contribution in [0.5, 0.6) is 0 Å². The summed E-state index contributed by atoms with van der Waals surface area (Å²) < 4.78 is 0. The molecule has 0 aliphatic carbocycles. The SMILES string of the molecule is NC1=NCC(c2cc(-c3ccccc3Cl)nc(N)n2)S1. The summed E-state index contributed by atoms with van der Waals surface area (Å²) in [4.78, 5) is 12.7. The summed E-state index contributed by atoms with van der Waals surface area (Å²) in [7, 11) is 0. The van der Waals surface area contributed by atoms with Gasteiger partial charge < -0.3 is 11.5 Å². The van der Waals surface area contributed by atoms with Gasteiger partial charge in [0.05, 0.1) is 23.2 Å². The molecule has 1 atom stereocenters. The molecule has 0 radical (unpaired) electrons. The number of nitrogen functional groups attached to an aromatic ring is 1. The summed E-state index contributed by atoms with van der Waals surface area (Å²) in [5.41, 5.74) is 13.9. The van der Waals surface area contributed by atoms with Crippen LogP contribution in [-0.2, 0) is 0 Å². The number of aromatic nitrogens is 2. The lowest BCUT2D eigenvalue weighted by molar-refractivity contribution is 0.911. The van der Waals surface area contributed by atoms with Gasteiger partial charge in [0.2, 0.25) is 5.95 Å². The molecule has 0 saturated carbocycles. The van der Waals surface area contributed by atoms with Crippen LogP contribution in [0.25, 0.3) is 11.3 Å². The first kappa shape index (κ1) is 13.2. The van der Waals surface area contributed by atoms with Gasteiger partial charge in [0, 0.05) is 10.6 Å². The number of hydrogen-bond acceptors (Lipinski definition) is 6. The van der Waals surface area contributed by atoms with Crippen molar-refractivity contribution in [2.24, 2.45) is 10.7 Å². The van der Waals surface area contributed by atoms with Gasteiger partial charge in [-0.2, -0.15) is 0 Å². The first-order valence-electron chi connectivity index (χ1n) is 5.99. The van der Waals surface area contributed by atoms with Crippen molar-refractivity contribution in [2.75, 3.05) is 12.3 Å². The lowest BCUT2D eigenvalue weighted by atomic mass is 10.1. The van der Waals surface area contributed by atoms with Crippen molar-refractivity contribution in [3.8, 4) is 11.3 Å². The third-order valence-corrected chi connectivity index (χ3v) is 4.29. The maximum Gasteiger partial charge on any atom is 0.220 e. The topological polar surface area (TPSA) is 90.2 Å². The minimum absolute atomic E-state index is 0.0848. The Morgan fingerprint density at radius 2 is 2.00 bits per heavy atom. The average Bonchev–Trinajstić information content (AvgIpc) is 2.85. The summed E-state index contributed by atoms with van der Waals surface area (Å²) in [6.45, 7) is 0.606. The average molecular weight is 306 g/mol. The van der Waals surface area contributed by atoms with Gasteiger partial charge in [-0.1, -0.05) is 41.6 Å². The van der Waals surface area contributed by atoms with Gasteiger partial charge in [0.25, 0.3) is 0 Å². The Kier molecular flexibility index (Phi) is 3.50. The number of anilines is 1. The van der Waals surface area contributed by atoms with Gasteiger partial charge in [-0.3, -0.25) is 4.99 Å². The minimum atomic E-state index is 0.0848. The van der Waals surface area contributed by atoms with Crippen molar-refractivity contribution in [1.82, 2.24) is 9.97 Å². The lowest BCUT2D eigenvalue weighted by Gasteiger charge is -2.10. The van der Waals surface area contributed by atoms with Gasteiger partial charge in [-0.15, -0.1) is 0 Å². The van der Waals surface area contributed by atoms with Gasteiger partial charge >= 0.3 is 0 Å². The van der Waals surface area contributed by atoms with Crippen molar-refractivity contribution in [3.63, 3.8) is 0 Å². The van der Waals surface area contributed by atoms with Crippen molar-refractivity contribution < 1.29 is 0 Å². The first-order valence-corrected chi connectivity index (χ1v) is 7.25. The second kappa shape index (κ2) is 5.30. The van der Waals surface area contributed by atoms with Crippen LogP contribution < -0.4 is 11.5 Å². The molecule has 0 spiro atoms. The molecule has 1 aromatic carbocycles. The lowest BCUT2D eigenvalue weighted by Crippen LogP contribution is -2.06. The van der Waals surface area contributed by atoms with Gasteiger partial charge in [-0.05, 0) is 12.1 Å². The Morgan fingerprint density at radius 3 is 2.70 bits per heavy atom. The Labute approximate surface area is 125 Å². The van der Waals surface area contributed by atoms with Crippen LogP contribution in [-0.4, -0.2) is 21.7 Å². The summed E-state index contributed by atoms with van der Waals surface area (Å²) >= 11 is 7.68. The van der Waals surface area contributed by atoms with Crippen molar-refractivity contribution >= 4 is 34.5 Å². The summed E-state index contributed by atoms with van der Waals surface area (Å²) in [6.07, 6.45) is 0. The highest BCUT2D eigenvalue weighted by molar-refractivity contribution is 8.14. The standard InChI is InChI=1S/C13H12ClN5S/c14-8-4-2-1-3-7(8)9-5-10(19-12(15)18-9)11-6-17-13(16)20-11/h1-5,11H,6H2,(H2,16,17)(H2,15,18,19). The minimum Gasteiger partial charge on any atom is -0.379 e. The zero-order valence-corrected chi connectivity index (χ0v) is 12.0. The molecule has 20 heavy (non-hydrogen) atoms. The van der Waals surface area contributed by atoms with Crippen LogP contribution in [0.4, 0.5) is 5.95 Å². The van der Waals surface area contributed by atoms with E-state index < -0.39 is 0 Å². The highest BCUT2D eigenvalue weighted by Gasteiger charge is 2.22. The molecular formula is C13H12ClN5S. The highest BCUT2D eigenvalue weighted by Crippen LogP contribution is 2.35. The molecule has 7 heteroatoms. The van der Waals surface area contributed by atoms with E-state index in [0.29, 0.717) is 22.4 Å². The van der Waals surface area contributed by atoms with E-state index in [9.17, 15) is 0 Å². The van der Waals surface area contributed by atoms with Crippen LogP contribution in [0.2, 0.25) is 5.02 Å². The Bertz CT molecular complexity index is 688. The van der Waals surface area contributed by atoms with Gasteiger partial charge in [-0.25, -0.2) is 9.97 Å². The van der Waals surface area contributed by atoms with E-state index >= 15 is 0 Å². The molecule has 1 aromatic heterocycles. The fraction of sp³-hybridized carbons (Fsp3) is 0.154. The number of thioether (sulfide) groups is 1. The van der Waals surface area contributed by atoms with Crippen LogP contribution in [0.3, 0.4) is 0 Å². The molecule has 1 unspecified atom stereocenters. The largest absolute Gasteiger partial charge is 0.379 e. The van der Waals surface area contributed by atoms with Gasteiger partial charge in [0.1, 0.15) is 0 Å². The van der Waals surface area contributed by atoms with Crippen molar-refractivity contribution in [1.29, 1.82) is 0 Å². The second-order valence-electron chi connectivity index (χ2n) is 4.30. The van der Waals surface area contributed by atoms with E-state index in [1.807, 2.05) is 30.3 Å². The predicted molar refractivity (Wildman–Crippen MR) is 83.7 cm³/mol. The number of benzene rings is 1. The molecule has 102 valence electrons. The quantitative estimate of drug-likeness (QED) is 0.889. The number of hydrogen-bond donors (Lipinski definition) is 2. The fourth-order valence-electron chi connectivity index (χ4n) is 2.00. The molecule has 1 aliphatic rings. The number of amidine groups is 1. The molecule has 0 fully saturated rings. The van der Waals surface area contributed by atoms with E-state index in [4.69, 9.17) is 23.1 Å². The first-order chi connectivity index (χ1) is 9.63. The maximum atomic E-state index is 6.20. The maximum absolute atomic E-state index is 6.20. The van der Waals surface area contributed by atoms with E-state index in [0.717, 1.165) is 11.3 Å². The molecule has 3 rings (SSSR count). The Balaban J connectivity index is 2.01. The molecule has 2 aromatic rings. The highest BCUT2D eigenvalue weighted by atomic mass is 35.5. The third-order valence-electron chi connectivity index (χ3n) is 2.92. The molecule has 2 heterocycles. The molecule has 0 bridgehead atoms. The third kappa shape index (κ3) is 2.57. The van der Waals surface area contributed by atoms with Crippen LogP contribution in [0.1, 0.15) is 10.9 Å². The monoisotopic (exact) mass is 305 g/mol. The molecule has 4 N–H and O–H groups in total. The second-order valence-corrected chi connectivity index (χ2v) is 5.93. The number of rotatable bonds is 2. The van der Waals surface area contributed by atoms with Crippen molar-refractivity contribution in [2.45, 2.75) is 5.25 Å². The van der Waals surface area contributed by atoms with E-state index in [-0.39, 0.29) is 11.2 Å². The van der Waals surface area contributed by atoms with Crippen molar-refractivity contribution in [3.05, 3.63) is 41.0 Å². The van der Waals surface area contributed by atoms with Crippen LogP contribution in [0, 0.1) is 0 Å². The number of halogens is 1. The zero-order chi connectivity index (χ0) is 14.1. The van der Waals surface area contributed by atoms with Gasteiger partial charge in [0.15, 0.2) is 5.17 Å². The molecular weight excluding hydrogens is 294 g/mol. The zero-order valence-electron chi connectivity index (χ0n) is 10.5.